The summed E-state index contributed by atoms with van der Waals surface area (Å²) in [5.74, 6) is 0. The molecule has 1 rings (SSSR count). The first kappa shape index (κ1) is 7.21. The zero-order valence-corrected chi connectivity index (χ0v) is 7.00. The van der Waals surface area contributed by atoms with Crippen molar-refractivity contribution in [3.05, 3.63) is 20.8 Å². The molecule has 0 aliphatic carbocycles. The summed E-state index contributed by atoms with van der Waals surface area (Å²) in [5, 5.41) is 10.2. The number of nitrogens with one attached hydrogen (secondary N) is 1. The summed E-state index contributed by atoms with van der Waals surface area (Å²) in [6.45, 7) is 0.516. The van der Waals surface area contributed by atoms with Gasteiger partial charge in [0.2, 0.25) is 0 Å². The average Bonchev–Trinajstić information content (AvgIpc) is 2.17. The molecule has 9 heavy (non-hydrogen) atoms. The van der Waals surface area contributed by atoms with Crippen LogP contribution in [0, 0.1) is 0 Å². The molecule has 0 amide bonds. The van der Waals surface area contributed by atoms with Gasteiger partial charge in [-0.2, -0.15) is 0 Å². The monoisotopic (exact) mass is 207 g/mol. The van der Waals surface area contributed by atoms with Crippen LogP contribution < -0.4 is 5.48 Å². The third-order valence-electron chi connectivity index (χ3n) is 0.905. The van der Waals surface area contributed by atoms with Crippen LogP contribution in [0.5, 0.6) is 0 Å². The molecule has 50 valence electrons. The minimum atomic E-state index is 0.516. The van der Waals surface area contributed by atoms with Crippen molar-refractivity contribution in [1.29, 1.82) is 0 Å². The number of hydrogen-bond donors (Lipinski definition) is 2. The van der Waals surface area contributed by atoms with Gasteiger partial charge in [0.1, 0.15) is 0 Å². The van der Waals surface area contributed by atoms with E-state index < -0.39 is 0 Å². The Labute approximate surface area is 65.6 Å². The second-order valence-corrected chi connectivity index (χ2v) is 3.88. The number of hydrogen-bond acceptors (Lipinski definition) is 3. The van der Waals surface area contributed by atoms with Crippen LogP contribution in [0.4, 0.5) is 0 Å². The van der Waals surface area contributed by atoms with E-state index in [-0.39, 0.29) is 0 Å². The largest absolute Gasteiger partial charge is 0.316 e. The maximum absolute atomic E-state index is 8.27. The van der Waals surface area contributed by atoms with Gasteiger partial charge in [-0.25, -0.2) is 5.48 Å². The minimum Gasteiger partial charge on any atom is -0.316 e. The number of halogens is 1. The SMILES string of the molecule is ONCc1csc(Br)c1. The Balaban J connectivity index is 2.61. The molecule has 0 atom stereocenters. The Morgan fingerprint density at radius 1 is 1.78 bits per heavy atom. The summed E-state index contributed by atoms with van der Waals surface area (Å²) in [4.78, 5) is 0. The normalized spacial score (nSPS) is 10.0. The molecule has 0 fully saturated rings. The van der Waals surface area contributed by atoms with E-state index in [0.29, 0.717) is 6.54 Å². The van der Waals surface area contributed by atoms with E-state index in [4.69, 9.17) is 5.21 Å². The molecule has 0 radical (unpaired) electrons. The zero-order valence-electron chi connectivity index (χ0n) is 4.60. The lowest BCUT2D eigenvalue weighted by Crippen LogP contribution is -2.04. The summed E-state index contributed by atoms with van der Waals surface area (Å²) < 4.78 is 1.09. The second kappa shape index (κ2) is 3.31. The van der Waals surface area contributed by atoms with Crippen LogP contribution in [0.25, 0.3) is 0 Å². The highest BCUT2D eigenvalue weighted by Crippen LogP contribution is 2.20. The topological polar surface area (TPSA) is 32.3 Å². The first-order chi connectivity index (χ1) is 4.33. The molecule has 2 nitrogen and oxygen atoms in total. The molecule has 0 aromatic carbocycles. The molecule has 1 heterocycles. The molecular weight excluding hydrogens is 202 g/mol. The van der Waals surface area contributed by atoms with Gasteiger partial charge >= 0.3 is 0 Å². The number of thiophene rings is 1. The van der Waals surface area contributed by atoms with Crippen molar-refractivity contribution in [3.63, 3.8) is 0 Å². The molecule has 1 aromatic rings. The fraction of sp³-hybridized carbons (Fsp3) is 0.200. The van der Waals surface area contributed by atoms with Crippen LogP contribution in [-0.4, -0.2) is 5.21 Å². The number of rotatable bonds is 2. The van der Waals surface area contributed by atoms with Gasteiger partial charge in [0.05, 0.1) is 3.79 Å². The van der Waals surface area contributed by atoms with Crippen LogP contribution >= 0.6 is 27.3 Å². The van der Waals surface area contributed by atoms with Crippen LogP contribution in [-0.2, 0) is 6.54 Å². The summed E-state index contributed by atoms with van der Waals surface area (Å²) in [7, 11) is 0. The van der Waals surface area contributed by atoms with Crippen molar-refractivity contribution in [2.45, 2.75) is 6.54 Å². The van der Waals surface area contributed by atoms with Crippen LogP contribution in [0.1, 0.15) is 5.56 Å². The van der Waals surface area contributed by atoms with Gasteiger partial charge in [-0.05, 0) is 32.9 Å². The molecule has 0 saturated carbocycles. The highest BCUT2D eigenvalue weighted by atomic mass is 79.9. The molecule has 0 saturated heterocycles. The average molecular weight is 208 g/mol. The van der Waals surface area contributed by atoms with Gasteiger partial charge in [-0.15, -0.1) is 11.3 Å². The Bertz CT molecular complexity index is 189. The molecule has 2 N–H and O–H groups in total. The molecular formula is C5H6BrNOS. The standard InChI is InChI=1S/C5H6BrNOS/c6-5-1-4(2-7-8)3-9-5/h1,3,7-8H,2H2. The van der Waals surface area contributed by atoms with Crippen LogP contribution in [0.15, 0.2) is 15.2 Å². The van der Waals surface area contributed by atoms with Gasteiger partial charge < -0.3 is 5.21 Å². The van der Waals surface area contributed by atoms with E-state index in [9.17, 15) is 0 Å². The molecule has 0 aliphatic heterocycles. The van der Waals surface area contributed by atoms with Crippen molar-refractivity contribution >= 4 is 27.3 Å². The first-order valence-electron chi connectivity index (χ1n) is 2.43. The van der Waals surface area contributed by atoms with Gasteiger partial charge in [-0.1, -0.05) is 0 Å². The molecule has 0 unspecified atom stereocenters. The maximum Gasteiger partial charge on any atom is 0.0701 e. The van der Waals surface area contributed by atoms with Crippen molar-refractivity contribution < 1.29 is 5.21 Å². The van der Waals surface area contributed by atoms with Crippen LogP contribution in [0.3, 0.4) is 0 Å². The summed E-state index contributed by atoms with van der Waals surface area (Å²) in [6.07, 6.45) is 0. The molecule has 4 heteroatoms. The first-order valence-corrected chi connectivity index (χ1v) is 4.10. The van der Waals surface area contributed by atoms with Gasteiger partial charge in [-0.3, -0.25) is 0 Å². The Morgan fingerprint density at radius 2 is 2.56 bits per heavy atom. The Morgan fingerprint density at radius 3 is 3.00 bits per heavy atom. The zero-order chi connectivity index (χ0) is 6.69. The smallest absolute Gasteiger partial charge is 0.0701 e. The predicted molar refractivity (Wildman–Crippen MR) is 40.6 cm³/mol. The van der Waals surface area contributed by atoms with Crippen molar-refractivity contribution in [1.82, 2.24) is 5.48 Å². The van der Waals surface area contributed by atoms with E-state index in [1.165, 1.54) is 0 Å². The highest BCUT2D eigenvalue weighted by molar-refractivity contribution is 9.11. The van der Waals surface area contributed by atoms with Crippen molar-refractivity contribution in [3.8, 4) is 0 Å². The lowest BCUT2D eigenvalue weighted by molar-refractivity contribution is 0.161. The lowest BCUT2D eigenvalue weighted by atomic mass is 10.4. The molecule has 1 aromatic heterocycles. The van der Waals surface area contributed by atoms with Crippen molar-refractivity contribution in [2.24, 2.45) is 0 Å². The van der Waals surface area contributed by atoms with E-state index in [2.05, 4.69) is 21.4 Å². The Kier molecular flexibility index (Phi) is 2.65. The summed E-state index contributed by atoms with van der Waals surface area (Å²) in [5.41, 5.74) is 3.18. The minimum absolute atomic E-state index is 0.516. The second-order valence-electron chi connectivity index (χ2n) is 1.59. The third kappa shape index (κ3) is 2.06. The quantitative estimate of drug-likeness (QED) is 0.728. The molecule has 0 aliphatic rings. The highest BCUT2D eigenvalue weighted by Gasteiger charge is 1.93. The predicted octanol–water partition coefficient (Wildman–Crippen LogP) is 1.99. The maximum atomic E-state index is 8.27. The summed E-state index contributed by atoms with van der Waals surface area (Å²) >= 11 is 4.92. The molecule has 0 bridgehead atoms. The van der Waals surface area contributed by atoms with Gasteiger partial charge in [0.25, 0.3) is 0 Å². The van der Waals surface area contributed by atoms with E-state index >= 15 is 0 Å². The number of hydroxylamine groups is 1. The summed E-state index contributed by atoms with van der Waals surface area (Å²) in [6, 6.07) is 1.97. The van der Waals surface area contributed by atoms with Crippen LogP contribution in [0.2, 0.25) is 0 Å². The van der Waals surface area contributed by atoms with E-state index in [0.717, 1.165) is 9.35 Å². The fourth-order valence-electron chi connectivity index (χ4n) is 0.530. The van der Waals surface area contributed by atoms with E-state index in [1.807, 2.05) is 11.4 Å². The molecule has 0 spiro atoms. The van der Waals surface area contributed by atoms with Gasteiger partial charge in [0.15, 0.2) is 0 Å². The Hall–Kier alpha value is 0.100. The fourth-order valence-corrected chi connectivity index (χ4v) is 1.74. The van der Waals surface area contributed by atoms with Gasteiger partial charge in [0, 0.05) is 6.54 Å². The van der Waals surface area contributed by atoms with Crippen molar-refractivity contribution in [2.75, 3.05) is 0 Å². The third-order valence-corrected chi connectivity index (χ3v) is 2.46. The lowest BCUT2D eigenvalue weighted by Gasteiger charge is -1.89. The van der Waals surface area contributed by atoms with E-state index in [1.54, 1.807) is 11.3 Å².